The van der Waals surface area contributed by atoms with Crippen molar-refractivity contribution >= 4 is 23.6 Å². The number of rotatable bonds is 2. The molecular formula is C10H11NO4S. The molecule has 0 aromatic carbocycles. The summed E-state index contributed by atoms with van der Waals surface area (Å²) in [5.74, 6) is 0.146. The van der Waals surface area contributed by atoms with Crippen LogP contribution in [0.5, 0.6) is 0 Å². The average molecular weight is 241 g/mol. The first kappa shape index (κ1) is 11.1. The number of aliphatic carboxylic acids is 1. The number of hydrogen-bond acceptors (Lipinski definition) is 4. The molecule has 1 atom stereocenters. The van der Waals surface area contributed by atoms with Gasteiger partial charge in [-0.3, -0.25) is 4.79 Å². The molecule has 0 saturated carbocycles. The fourth-order valence-corrected chi connectivity index (χ4v) is 2.75. The minimum Gasteiger partial charge on any atom is -0.480 e. The van der Waals surface area contributed by atoms with Gasteiger partial charge in [0.2, 0.25) is 0 Å². The normalized spacial score (nSPS) is 20.1. The number of carbonyl (C=O) groups excluding carboxylic acids is 1. The highest BCUT2D eigenvalue weighted by Crippen LogP contribution is 2.24. The number of furan rings is 1. The molecule has 5 nitrogen and oxygen atoms in total. The van der Waals surface area contributed by atoms with Crippen LogP contribution in [-0.4, -0.2) is 39.6 Å². The third kappa shape index (κ3) is 1.80. The first-order valence-corrected chi connectivity index (χ1v) is 5.92. The van der Waals surface area contributed by atoms with Crippen molar-refractivity contribution in [1.29, 1.82) is 0 Å². The maximum Gasteiger partial charge on any atom is 0.327 e. The van der Waals surface area contributed by atoms with E-state index in [-0.39, 0.29) is 5.91 Å². The van der Waals surface area contributed by atoms with Crippen molar-refractivity contribution in [1.82, 2.24) is 4.90 Å². The van der Waals surface area contributed by atoms with Crippen molar-refractivity contribution in [2.75, 3.05) is 11.6 Å². The van der Waals surface area contributed by atoms with Crippen LogP contribution in [-0.2, 0) is 4.79 Å². The monoisotopic (exact) mass is 241 g/mol. The fourth-order valence-electron chi connectivity index (χ4n) is 1.61. The Bertz CT molecular complexity index is 428. The van der Waals surface area contributed by atoms with Crippen molar-refractivity contribution < 1.29 is 19.1 Å². The van der Waals surface area contributed by atoms with Crippen LogP contribution < -0.4 is 0 Å². The Kier molecular flexibility index (Phi) is 2.91. The Hall–Kier alpha value is -1.43. The molecule has 1 N–H and O–H groups in total. The Morgan fingerprint density at radius 1 is 1.62 bits per heavy atom. The van der Waals surface area contributed by atoms with E-state index in [4.69, 9.17) is 9.52 Å². The van der Waals surface area contributed by atoms with Gasteiger partial charge in [-0.15, -0.1) is 11.8 Å². The molecule has 6 heteroatoms. The summed E-state index contributed by atoms with van der Waals surface area (Å²) in [6.07, 6.45) is 1.43. The third-order valence-electron chi connectivity index (χ3n) is 2.52. The van der Waals surface area contributed by atoms with Gasteiger partial charge in [-0.25, -0.2) is 4.79 Å². The van der Waals surface area contributed by atoms with E-state index in [1.807, 2.05) is 0 Å². The van der Waals surface area contributed by atoms with Crippen LogP contribution in [0, 0.1) is 6.92 Å². The van der Waals surface area contributed by atoms with Crippen LogP contribution in [0.4, 0.5) is 0 Å². The molecule has 16 heavy (non-hydrogen) atoms. The number of amides is 1. The highest BCUT2D eigenvalue weighted by atomic mass is 32.2. The van der Waals surface area contributed by atoms with Crippen molar-refractivity contribution in [3.63, 3.8) is 0 Å². The summed E-state index contributed by atoms with van der Waals surface area (Å²) in [6, 6.07) is 0.839. The summed E-state index contributed by atoms with van der Waals surface area (Å²) in [7, 11) is 0. The Labute approximate surface area is 96.4 Å². The Morgan fingerprint density at radius 2 is 2.38 bits per heavy atom. The largest absolute Gasteiger partial charge is 0.480 e. The zero-order chi connectivity index (χ0) is 11.7. The molecule has 1 saturated heterocycles. The van der Waals surface area contributed by atoms with Crippen molar-refractivity contribution in [2.24, 2.45) is 0 Å². The standard InChI is InChI=1S/C10H11NO4S/c1-6-7(2-3-15-6)9(12)11-5-16-4-8(11)10(13)14/h2-3,8H,4-5H2,1H3,(H,13,14)/t8-/m0/s1. The number of carboxylic acids is 1. The maximum absolute atomic E-state index is 12.0. The molecule has 0 unspecified atom stereocenters. The number of hydrogen-bond donors (Lipinski definition) is 1. The van der Waals surface area contributed by atoms with Crippen molar-refractivity contribution in [3.05, 3.63) is 23.7 Å². The van der Waals surface area contributed by atoms with E-state index in [2.05, 4.69) is 0 Å². The number of thioether (sulfide) groups is 1. The summed E-state index contributed by atoms with van der Waals surface area (Å²) in [5, 5.41) is 8.97. The molecule has 1 amide bonds. The molecule has 1 aromatic rings. The van der Waals surface area contributed by atoms with Crippen molar-refractivity contribution in [2.45, 2.75) is 13.0 Å². The molecule has 0 radical (unpaired) electrons. The quantitative estimate of drug-likeness (QED) is 0.842. The summed E-state index contributed by atoms with van der Waals surface area (Å²) in [6.45, 7) is 1.69. The molecule has 1 aliphatic heterocycles. The average Bonchev–Trinajstić information content (AvgIpc) is 2.84. The summed E-state index contributed by atoms with van der Waals surface area (Å²) in [4.78, 5) is 24.3. The number of carbonyl (C=O) groups is 2. The minimum atomic E-state index is -0.959. The second-order valence-corrected chi connectivity index (χ2v) is 4.52. The summed E-state index contributed by atoms with van der Waals surface area (Å²) < 4.78 is 5.04. The van der Waals surface area contributed by atoms with E-state index >= 15 is 0 Å². The van der Waals surface area contributed by atoms with Gasteiger partial charge in [0.1, 0.15) is 11.8 Å². The van der Waals surface area contributed by atoms with Gasteiger partial charge < -0.3 is 14.4 Å². The van der Waals surface area contributed by atoms with E-state index in [9.17, 15) is 9.59 Å². The van der Waals surface area contributed by atoms with Gasteiger partial charge in [0.05, 0.1) is 17.7 Å². The van der Waals surface area contributed by atoms with E-state index in [1.165, 1.54) is 22.9 Å². The van der Waals surface area contributed by atoms with Crippen LogP contribution in [0.25, 0.3) is 0 Å². The lowest BCUT2D eigenvalue weighted by atomic mass is 10.2. The van der Waals surface area contributed by atoms with Crippen LogP contribution in [0.15, 0.2) is 16.7 Å². The molecule has 0 bridgehead atoms. The molecule has 86 valence electrons. The lowest BCUT2D eigenvalue weighted by Crippen LogP contribution is -2.41. The van der Waals surface area contributed by atoms with Gasteiger partial charge >= 0.3 is 5.97 Å². The maximum atomic E-state index is 12.0. The first-order valence-electron chi connectivity index (χ1n) is 4.77. The molecule has 1 aliphatic rings. The molecule has 0 aliphatic carbocycles. The molecule has 1 aromatic heterocycles. The Balaban J connectivity index is 2.22. The zero-order valence-electron chi connectivity index (χ0n) is 8.67. The number of carboxylic acid groups (broad SMARTS) is 1. The van der Waals surface area contributed by atoms with Gasteiger partial charge in [-0.2, -0.15) is 0 Å². The second kappa shape index (κ2) is 4.21. The van der Waals surface area contributed by atoms with Gasteiger partial charge in [0.15, 0.2) is 0 Å². The van der Waals surface area contributed by atoms with Gasteiger partial charge in [0.25, 0.3) is 5.91 Å². The summed E-state index contributed by atoms with van der Waals surface area (Å²) in [5.41, 5.74) is 0.439. The topological polar surface area (TPSA) is 70.8 Å². The van der Waals surface area contributed by atoms with Gasteiger partial charge in [0, 0.05) is 5.75 Å². The van der Waals surface area contributed by atoms with Crippen LogP contribution >= 0.6 is 11.8 Å². The molecule has 2 rings (SSSR count). The van der Waals surface area contributed by atoms with Crippen LogP contribution in [0.2, 0.25) is 0 Å². The number of aryl methyl sites for hydroxylation is 1. The van der Waals surface area contributed by atoms with E-state index < -0.39 is 12.0 Å². The zero-order valence-corrected chi connectivity index (χ0v) is 9.49. The molecular weight excluding hydrogens is 230 g/mol. The lowest BCUT2D eigenvalue weighted by Gasteiger charge is -2.19. The Morgan fingerprint density at radius 3 is 2.94 bits per heavy atom. The molecule has 2 heterocycles. The third-order valence-corrected chi connectivity index (χ3v) is 3.53. The van der Waals surface area contributed by atoms with Crippen LogP contribution in [0.3, 0.4) is 0 Å². The highest BCUT2D eigenvalue weighted by molar-refractivity contribution is 7.99. The molecule has 0 spiro atoms. The fraction of sp³-hybridized carbons (Fsp3) is 0.400. The summed E-state index contributed by atoms with van der Waals surface area (Å²) >= 11 is 1.44. The van der Waals surface area contributed by atoms with Gasteiger partial charge in [-0.1, -0.05) is 0 Å². The van der Waals surface area contributed by atoms with E-state index in [1.54, 1.807) is 13.0 Å². The lowest BCUT2D eigenvalue weighted by molar-refractivity contribution is -0.140. The highest BCUT2D eigenvalue weighted by Gasteiger charge is 2.35. The first-order chi connectivity index (χ1) is 7.61. The predicted octanol–water partition coefficient (Wildman–Crippen LogP) is 1.19. The van der Waals surface area contributed by atoms with Crippen molar-refractivity contribution in [3.8, 4) is 0 Å². The van der Waals surface area contributed by atoms with Gasteiger partial charge in [-0.05, 0) is 13.0 Å². The number of nitrogens with zero attached hydrogens (tertiary/aromatic N) is 1. The second-order valence-electron chi connectivity index (χ2n) is 3.52. The smallest absolute Gasteiger partial charge is 0.327 e. The van der Waals surface area contributed by atoms with E-state index in [0.29, 0.717) is 23.0 Å². The SMILES string of the molecule is Cc1occc1C(=O)N1CSC[C@H]1C(=O)O. The minimum absolute atomic E-state index is 0.274. The van der Waals surface area contributed by atoms with E-state index in [0.717, 1.165) is 0 Å². The van der Waals surface area contributed by atoms with Crippen LogP contribution in [0.1, 0.15) is 16.1 Å². The molecule has 1 fully saturated rings. The predicted molar refractivity (Wildman–Crippen MR) is 58.4 cm³/mol.